The van der Waals surface area contributed by atoms with Gasteiger partial charge in [0.25, 0.3) is 0 Å². The van der Waals surface area contributed by atoms with E-state index in [0.29, 0.717) is 23.5 Å². The SMILES string of the molecule is N#Cc1c(NC(=O)C2CCCCN2S(=O)(=O)c2ccccc2)sc2c1CCCC2. The molecule has 0 spiro atoms. The fourth-order valence-corrected chi connectivity index (χ4v) is 7.07. The molecule has 1 aromatic carbocycles. The number of fused-ring (bicyclic) bond motifs is 1. The number of amides is 1. The summed E-state index contributed by atoms with van der Waals surface area (Å²) in [5, 5.41) is 13.1. The molecule has 6 nitrogen and oxygen atoms in total. The molecular formula is C21H23N3O3S2. The molecule has 0 radical (unpaired) electrons. The van der Waals surface area contributed by atoms with Gasteiger partial charge in [-0.15, -0.1) is 11.3 Å². The summed E-state index contributed by atoms with van der Waals surface area (Å²) in [4.78, 5) is 14.5. The molecular weight excluding hydrogens is 406 g/mol. The number of nitrogens with one attached hydrogen (secondary N) is 1. The lowest BCUT2D eigenvalue weighted by Gasteiger charge is -2.33. The third-order valence-electron chi connectivity index (χ3n) is 5.63. The molecule has 1 atom stereocenters. The van der Waals surface area contributed by atoms with E-state index in [0.717, 1.165) is 44.1 Å². The molecule has 29 heavy (non-hydrogen) atoms. The number of rotatable bonds is 4. The van der Waals surface area contributed by atoms with Crippen molar-refractivity contribution in [1.82, 2.24) is 4.31 Å². The van der Waals surface area contributed by atoms with Crippen LogP contribution in [0.1, 0.15) is 48.1 Å². The van der Waals surface area contributed by atoms with Crippen molar-refractivity contribution in [2.24, 2.45) is 0 Å². The first-order valence-corrected chi connectivity index (χ1v) is 12.2. The Morgan fingerprint density at radius 1 is 1.14 bits per heavy atom. The highest BCUT2D eigenvalue weighted by atomic mass is 32.2. The van der Waals surface area contributed by atoms with Gasteiger partial charge in [0, 0.05) is 11.4 Å². The van der Waals surface area contributed by atoms with Crippen LogP contribution in [0.25, 0.3) is 0 Å². The number of aryl methyl sites for hydroxylation is 1. The zero-order chi connectivity index (χ0) is 20.4. The summed E-state index contributed by atoms with van der Waals surface area (Å²) >= 11 is 1.46. The summed E-state index contributed by atoms with van der Waals surface area (Å²) in [6.45, 7) is 0.321. The molecule has 1 saturated heterocycles. The molecule has 1 aliphatic heterocycles. The number of anilines is 1. The number of thiophene rings is 1. The highest BCUT2D eigenvalue weighted by molar-refractivity contribution is 7.89. The summed E-state index contributed by atoms with van der Waals surface area (Å²) in [7, 11) is -3.76. The number of benzene rings is 1. The van der Waals surface area contributed by atoms with E-state index in [9.17, 15) is 18.5 Å². The molecule has 1 aromatic heterocycles. The molecule has 4 rings (SSSR count). The molecule has 1 amide bonds. The van der Waals surface area contributed by atoms with E-state index in [-0.39, 0.29) is 10.8 Å². The van der Waals surface area contributed by atoms with Gasteiger partial charge >= 0.3 is 0 Å². The lowest BCUT2D eigenvalue weighted by molar-refractivity contribution is -0.120. The minimum absolute atomic E-state index is 0.198. The maximum Gasteiger partial charge on any atom is 0.243 e. The number of nitrogens with zero attached hydrogens (tertiary/aromatic N) is 2. The Kier molecular flexibility index (Phi) is 5.72. The Balaban J connectivity index is 1.61. The van der Waals surface area contributed by atoms with Gasteiger partial charge < -0.3 is 5.32 Å². The van der Waals surface area contributed by atoms with Crippen LogP contribution in [0.5, 0.6) is 0 Å². The van der Waals surface area contributed by atoms with Crippen LogP contribution in [0.2, 0.25) is 0 Å². The average molecular weight is 430 g/mol. The summed E-state index contributed by atoms with van der Waals surface area (Å²) in [5.41, 5.74) is 1.60. The number of hydrogen-bond donors (Lipinski definition) is 1. The van der Waals surface area contributed by atoms with E-state index in [1.165, 1.54) is 20.5 Å². The van der Waals surface area contributed by atoms with Crippen LogP contribution in [0.15, 0.2) is 35.2 Å². The summed E-state index contributed by atoms with van der Waals surface area (Å²) < 4.78 is 27.6. The zero-order valence-corrected chi connectivity index (χ0v) is 17.7. The van der Waals surface area contributed by atoms with Crippen LogP contribution in [-0.4, -0.2) is 31.2 Å². The first-order chi connectivity index (χ1) is 14.0. The zero-order valence-electron chi connectivity index (χ0n) is 16.1. The Hall–Kier alpha value is -2.21. The molecule has 1 fully saturated rings. The normalized spacial score (nSPS) is 19.9. The van der Waals surface area contributed by atoms with Gasteiger partial charge in [-0.3, -0.25) is 4.79 Å². The second kappa shape index (κ2) is 8.27. The maximum atomic E-state index is 13.1. The number of nitriles is 1. The molecule has 1 unspecified atom stereocenters. The van der Waals surface area contributed by atoms with Crippen molar-refractivity contribution in [2.45, 2.75) is 55.9 Å². The van der Waals surface area contributed by atoms with Crippen molar-refractivity contribution in [3.8, 4) is 6.07 Å². The van der Waals surface area contributed by atoms with Crippen molar-refractivity contribution >= 4 is 32.3 Å². The summed E-state index contributed by atoms with van der Waals surface area (Å²) in [6.07, 6.45) is 5.95. The van der Waals surface area contributed by atoms with Crippen LogP contribution in [-0.2, 0) is 27.7 Å². The predicted molar refractivity (Wildman–Crippen MR) is 112 cm³/mol. The van der Waals surface area contributed by atoms with Crippen LogP contribution in [0.3, 0.4) is 0 Å². The van der Waals surface area contributed by atoms with Crippen LogP contribution >= 0.6 is 11.3 Å². The number of sulfonamides is 1. The lowest BCUT2D eigenvalue weighted by atomic mass is 9.96. The van der Waals surface area contributed by atoms with Crippen molar-refractivity contribution < 1.29 is 13.2 Å². The number of carbonyl (C=O) groups excluding carboxylic acids is 1. The highest BCUT2D eigenvalue weighted by Gasteiger charge is 2.38. The predicted octanol–water partition coefficient (Wildman–Crippen LogP) is 3.68. The first kappa shape index (κ1) is 20.1. The van der Waals surface area contributed by atoms with Gasteiger partial charge in [-0.1, -0.05) is 24.6 Å². The summed E-state index contributed by atoms with van der Waals surface area (Å²) in [6, 6.07) is 9.72. The van der Waals surface area contributed by atoms with Crippen molar-refractivity contribution in [1.29, 1.82) is 5.26 Å². The number of piperidine rings is 1. The lowest BCUT2D eigenvalue weighted by Crippen LogP contribution is -2.49. The molecule has 2 aliphatic rings. The van der Waals surface area contributed by atoms with Crippen molar-refractivity contribution in [2.75, 3.05) is 11.9 Å². The molecule has 152 valence electrons. The van der Waals surface area contributed by atoms with Crippen molar-refractivity contribution in [3.05, 3.63) is 46.3 Å². The minimum atomic E-state index is -3.76. The van der Waals surface area contributed by atoms with Gasteiger partial charge in [-0.2, -0.15) is 9.57 Å². The van der Waals surface area contributed by atoms with E-state index in [4.69, 9.17) is 0 Å². The van der Waals surface area contributed by atoms with E-state index in [1.54, 1.807) is 30.3 Å². The topological polar surface area (TPSA) is 90.3 Å². The average Bonchev–Trinajstić information content (AvgIpc) is 3.11. The standard InChI is InChI=1S/C21H23N3O3S2/c22-14-17-16-10-4-5-12-19(16)28-21(17)23-20(25)18-11-6-7-13-24(18)29(26,27)15-8-2-1-3-9-15/h1-3,8-9,18H,4-7,10-13H2,(H,23,25). The molecule has 2 heterocycles. The van der Waals surface area contributed by atoms with Gasteiger partial charge in [0.15, 0.2) is 0 Å². The van der Waals surface area contributed by atoms with Gasteiger partial charge in [0.2, 0.25) is 15.9 Å². The molecule has 0 saturated carbocycles. The smallest absolute Gasteiger partial charge is 0.243 e. The molecule has 1 aliphatic carbocycles. The Labute approximate surface area is 175 Å². The minimum Gasteiger partial charge on any atom is -0.315 e. The van der Waals surface area contributed by atoms with E-state index >= 15 is 0 Å². The Morgan fingerprint density at radius 2 is 1.90 bits per heavy atom. The fraction of sp³-hybridized carbons (Fsp3) is 0.429. The second-order valence-electron chi connectivity index (χ2n) is 7.46. The second-order valence-corrected chi connectivity index (χ2v) is 10.5. The van der Waals surface area contributed by atoms with Gasteiger partial charge in [0.1, 0.15) is 17.1 Å². The fourth-order valence-electron chi connectivity index (χ4n) is 4.15. The first-order valence-electron chi connectivity index (χ1n) is 9.95. The monoisotopic (exact) mass is 429 g/mol. The van der Waals surface area contributed by atoms with Crippen LogP contribution < -0.4 is 5.32 Å². The number of carbonyl (C=O) groups is 1. The molecule has 0 bridgehead atoms. The molecule has 2 aromatic rings. The largest absolute Gasteiger partial charge is 0.315 e. The number of hydrogen-bond acceptors (Lipinski definition) is 5. The molecule has 8 heteroatoms. The van der Waals surface area contributed by atoms with Crippen LogP contribution in [0, 0.1) is 11.3 Å². The van der Waals surface area contributed by atoms with Gasteiger partial charge in [-0.05, 0) is 56.2 Å². The quantitative estimate of drug-likeness (QED) is 0.803. The maximum absolute atomic E-state index is 13.1. The Bertz CT molecular complexity index is 1050. The Morgan fingerprint density at radius 3 is 2.66 bits per heavy atom. The highest BCUT2D eigenvalue weighted by Crippen LogP contribution is 2.38. The third-order valence-corrected chi connectivity index (χ3v) is 8.76. The van der Waals surface area contributed by atoms with E-state index in [1.807, 2.05) is 0 Å². The van der Waals surface area contributed by atoms with E-state index < -0.39 is 16.1 Å². The summed E-state index contributed by atoms with van der Waals surface area (Å²) in [5.74, 6) is -0.348. The van der Waals surface area contributed by atoms with Crippen LogP contribution in [0.4, 0.5) is 5.00 Å². The third kappa shape index (κ3) is 3.82. The van der Waals surface area contributed by atoms with Crippen molar-refractivity contribution in [3.63, 3.8) is 0 Å². The molecule has 1 N–H and O–H groups in total. The van der Waals surface area contributed by atoms with E-state index in [2.05, 4.69) is 11.4 Å². The van der Waals surface area contributed by atoms with Gasteiger partial charge in [-0.25, -0.2) is 8.42 Å². The van der Waals surface area contributed by atoms with Gasteiger partial charge in [0.05, 0.1) is 10.5 Å².